The zero-order chi connectivity index (χ0) is 13.2. The van der Waals surface area contributed by atoms with Crippen molar-refractivity contribution in [3.8, 4) is 0 Å². The van der Waals surface area contributed by atoms with E-state index < -0.39 is 5.60 Å². The van der Waals surface area contributed by atoms with Crippen molar-refractivity contribution in [1.82, 2.24) is 9.97 Å². The maximum absolute atomic E-state index is 10.1. The highest BCUT2D eigenvalue weighted by molar-refractivity contribution is 5.55. The van der Waals surface area contributed by atoms with E-state index in [0.29, 0.717) is 12.4 Å². The van der Waals surface area contributed by atoms with Crippen molar-refractivity contribution >= 4 is 11.6 Å². The largest absolute Gasteiger partial charge is 0.388 e. The van der Waals surface area contributed by atoms with Gasteiger partial charge in [-0.2, -0.15) is 0 Å². The van der Waals surface area contributed by atoms with Gasteiger partial charge in [-0.05, 0) is 32.6 Å². The molecule has 1 aromatic heterocycles. The normalized spacial score (nSPS) is 17.3. The van der Waals surface area contributed by atoms with Crippen molar-refractivity contribution in [1.29, 1.82) is 0 Å². The fraction of sp³-hybridized carbons (Fsp3) is 0.692. The summed E-state index contributed by atoms with van der Waals surface area (Å²) in [7, 11) is 0. The van der Waals surface area contributed by atoms with Gasteiger partial charge in [0.1, 0.15) is 17.5 Å². The van der Waals surface area contributed by atoms with Gasteiger partial charge in [-0.25, -0.2) is 9.97 Å². The predicted octanol–water partition coefficient (Wildman–Crippen LogP) is 1.65. The number of rotatable bonds is 5. The second-order valence-corrected chi connectivity index (χ2v) is 5.18. The van der Waals surface area contributed by atoms with Gasteiger partial charge < -0.3 is 16.2 Å². The van der Waals surface area contributed by atoms with Crippen LogP contribution >= 0.6 is 0 Å². The van der Waals surface area contributed by atoms with Crippen molar-refractivity contribution in [3.63, 3.8) is 0 Å². The zero-order valence-corrected chi connectivity index (χ0v) is 11.2. The lowest BCUT2D eigenvalue weighted by molar-refractivity contribution is -0.0202. The first-order chi connectivity index (χ1) is 8.54. The Bertz CT molecular complexity index is 429. The summed E-state index contributed by atoms with van der Waals surface area (Å²) in [5, 5.41) is 13.3. The lowest BCUT2D eigenvalue weighted by Crippen LogP contribution is -2.43. The third kappa shape index (κ3) is 2.72. The van der Waals surface area contributed by atoms with E-state index in [-0.39, 0.29) is 0 Å². The maximum atomic E-state index is 10.1. The van der Waals surface area contributed by atoms with E-state index in [1.54, 1.807) is 0 Å². The van der Waals surface area contributed by atoms with Gasteiger partial charge in [0.25, 0.3) is 0 Å². The number of aromatic nitrogens is 2. The van der Waals surface area contributed by atoms with Gasteiger partial charge in [-0.1, -0.05) is 6.92 Å². The molecule has 1 heterocycles. The second kappa shape index (κ2) is 5.10. The number of anilines is 2. The predicted molar refractivity (Wildman–Crippen MR) is 72.5 cm³/mol. The average Bonchev–Trinajstić information content (AvgIpc) is 2.30. The van der Waals surface area contributed by atoms with Crippen LogP contribution in [0.5, 0.6) is 0 Å². The van der Waals surface area contributed by atoms with E-state index in [9.17, 15) is 5.11 Å². The summed E-state index contributed by atoms with van der Waals surface area (Å²) in [6.45, 7) is 4.53. The number of nitrogens with two attached hydrogens (primary N) is 1. The summed E-state index contributed by atoms with van der Waals surface area (Å²) in [6, 6.07) is 0. The third-order valence-electron chi connectivity index (χ3n) is 3.57. The van der Waals surface area contributed by atoms with Crippen molar-refractivity contribution in [3.05, 3.63) is 11.4 Å². The van der Waals surface area contributed by atoms with Crippen molar-refractivity contribution < 1.29 is 5.11 Å². The van der Waals surface area contributed by atoms with Gasteiger partial charge in [-0.15, -0.1) is 0 Å². The highest BCUT2D eigenvalue weighted by atomic mass is 16.3. The fourth-order valence-corrected chi connectivity index (χ4v) is 2.10. The summed E-state index contributed by atoms with van der Waals surface area (Å²) < 4.78 is 0. The number of nitrogens with zero attached hydrogens (tertiary/aromatic N) is 2. The topological polar surface area (TPSA) is 84.1 Å². The van der Waals surface area contributed by atoms with Crippen LogP contribution in [-0.4, -0.2) is 27.2 Å². The molecule has 5 nitrogen and oxygen atoms in total. The van der Waals surface area contributed by atoms with Crippen LogP contribution in [0.3, 0.4) is 0 Å². The fourth-order valence-electron chi connectivity index (χ4n) is 2.10. The molecule has 0 radical (unpaired) electrons. The van der Waals surface area contributed by atoms with Gasteiger partial charge in [-0.3, -0.25) is 0 Å². The third-order valence-corrected chi connectivity index (χ3v) is 3.57. The molecule has 0 aromatic carbocycles. The van der Waals surface area contributed by atoms with Crippen molar-refractivity contribution in [2.24, 2.45) is 0 Å². The molecule has 5 heteroatoms. The van der Waals surface area contributed by atoms with E-state index in [4.69, 9.17) is 5.73 Å². The van der Waals surface area contributed by atoms with Gasteiger partial charge in [0.2, 0.25) is 0 Å². The number of nitrogen functional groups attached to an aromatic ring is 1. The van der Waals surface area contributed by atoms with Crippen molar-refractivity contribution in [2.45, 2.75) is 51.6 Å². The van der Waals surface area contributed by atoms with Crippen LogP contribution in [0.15, 0.2) is 0 Å². The van der Waals surface area contributed by atoms with Crippen LogP contribution in [0.25, 0.3) is 0 Å². The minimum atomic E-state index is -0.558. The SMILES string of the molecule is CCCc1nc(N)c(C)c(NCC2(O)CCC2)n1. The Hall–Kier alpha value is -1.36. The molecule has 1 aliphatic carbocycles. The Labute approximate surface area is 108 Å². The lowest BCUT2D eigenvalue weighted by atomic mass is 9.80. The minimum absolute atomic E-state index is 0.525. The number of hydrogen-bond acceptors (Lipinski definition) is 5. The van der Waals surface area contributed by atoms with Gasteiger partial charge in [0, 0.05) is 18.5 Å². The molecule has 0 saturated heterocycles. The first kappa shape index (κ1) is 13.1. The zero-order valence-electron chi connectivity index (χ0n) is 11.2. The van der Waals surface area contributed by atoms with Crippen LogP contribution < -0.4 is 11.1 Å². The Balaban J connectivity index is 2.10. The van der Waals surface area contributed by atoms with E-state index in [1.165, 1.54) is 0 Å². The standard InChI is InChI=1S/C13H22N4O/c1-3-5-10-16-11(14)9(2)12(17-10)15-8-13(18)6-4-7-13/h18H,3-8H2,1-2H3,(H3,14,15,16,17). The van der Waals surface area contributed by atoms with Crippen LogP contribution in [0, 0.1) is 6.92 Å². The molecule has 0 amide bonds. The molecule has 4 N–H and O–H groups in total. The molecule has 1 saturated carbocycles. The molecule has 1 fully saturated rings. The first-order valence-corrected chi connectivity index (χ1v) is 6.63. The highest BCUT2D eigenvalue weighted by Gasteiger charge is 2.34. The van der Waals surface area contributed by atoms with Gasteiger partial charge in [0.05, 0.1) is 5.60 Å². The van der Waals surface area contributed by atoms with Crippen LogP contribution in [0.4, 0.5) is 11.6 Å². The smallest absolute Gasteiger partial charge is 0.134 e. The Morgan fingerprint density at radius 3 is 2.67 bits per heavy atom. The Morgan fingerprint density at radius 2 is 2.11 bits per heavy atom. The Kier molecular flexibility index (Phi) is 3.71. The number of nitrogens with one attached hydrogen (secondary N) is 1. The van der Waals surface area contributed by atoms with E-state index in [0.717, 1.165) is 49.3 Å². The highest BCUT2D eigenvalue weighted by Crippen LogP contribution is 2.32. The van der Waals surface area contributed by atoms with Crippen LogP contribution in [0.2, 0.25) is 0 Å². The molecule has 0 aliphatic heterocycles. The number of hydrogen-bond donors (Lipinski definition) is 3. The molecule has 2 rings (SSSR count). The maximum Gasteiger partial charge on any atom is 0.134 e. The average molecular weight is 250 g/mol. The van der Waals surface area contributed by atoms with Crippen LogP contribution in [-0.2, 0) is 6.42 Å². The molecule has 1 aliphatic rings. The van der Waals surface area contributed by atoms with E-state index in [2.05, 4.69) is 22.2 Å². The van der Waals surface area contributed by atoms with Gasteiger partial charge in [0.15, 0.2) is 0 Å². The lowest BCUT2D eigenvalue weighted by Gasteiger charge is -2.36. The van der Waals surface area contributed by atoms with E-state index in [1.807, 2.05) is 6.92 Å². The molecule has 0 spiro atoms. The summed E-state index contributed by atoms with van der Waals surface area (Å²) >= 11 is 0. The molecule has 0 unspecified atom stereocenters. The van der Waals surface area contributed by atoms with E-state index >= 15 is 0 Å². The number of aliphatic hydroxyl groups is 1. The monoisotopic (exact) mass is 250 g/mol. The molecule has 18 heavy (non-hydrogen) atoms. The molecule has 0 bridgehead atoms. The summed E-state index contributed by atoms with van der Waals surface area (Å²) in [4.78, 5) is 8.74. The first-order valence-electron chi connectivity index (χ1n) is 6.63. The number of aryl methyl sites for hydroxylation is 1. The summed E-state index contributed by atoms with van der Waals surface area (Å²) in [6.07, 6.45) is 4.64. The van der Waals surface area contributed by atoms with Gasteiger partial charge >= 0.3 is 0 Å². The molecule has 0 atom stereocenters. The summed E-state index contributed by atoms with van der Waals surface area (Å²) in [5.41, 5.74) is 6.18. The minimum Gasteiger partial charge on any atom is -0.388 e. The quantitative estimate of drug-likeness (QED) is 0.740. The van der Waals surface area contributed by atoms with Crippen molar-refractivity contribution in [2.75, 3.05) is 17.6 Å². The molecule has 100 valence electrons. The summed E-state index contributed by atoms with van der Waals surface area (Å²) in [5.74, 6) is 2.05. The Morgan fingerprint density at radius 1 is 1.39 bits per heavy atom. The molecule has 1 aromatic rings. The molecular formula is C13H22N4O. The van der Waals surface area contributed by atoms with Crippen LogP contribution in [0.1, 0.15) is 44.0 Å². The molecular weight excluding hydrogens is 228 g/mol. The second-order valence-electron chi connectivity index (χ2n) is 5.18.